The van der Waals surface area contributed by atoms with Gasteiger partial charge in [0.05, 0.1) is 12.2 Å². The van der Waals surface area contributed by atoms with Crippen molar-refractivity contribution in [2.45, 2.75) is 63.7 Å². The number of carbonyl (C=O) groups is 1. The third-order valence-electron chi connectivity index (χ3n) is 4.23. The maximum Gasteiger partial charge on any atom is 0.220 e. The number of aryl methyl sites for hydroxylation is 2. The molecule has 0 aromatic carbocycles. The van der Waals surface area contributed by atoms with E-state index in [4.69, 9.17) is 6.42 Å². The van der Waals surface area contributed by atoms with Crippen LogP contribution in [0.2, 0.25) is 0 Å². The molecule has 0 saturated heterocycles. The first-order valence-corrected chi connectivity index (χ1v) is 7.90. The van der Waals surface area contributed by atoms with Crippen molar-refractivity contribution in [3.8, 4) is 12.3 Å². The van der Waals surface area contributed by atoms with Gasteiger partial charge < -0.3 is 9.88 Å². The van der Waals surface area contributed by atoms with Crippen LogP contribution >= 0.6 is 0 Å². The summed E-state index contributed by atoms with van der Waals surface area (Å²) >= 11 is 0. The molecule has 6 nitrogen and oxygen atoms in total. The van der Waals surface area contributed by atoms with Gasteiger partial charge in [-0.25, -0.2) is 4.98 Å². The molecule has 6 heteroatoms. The van der Waals surface area contributed by atoms with Gasteiger partial charge in [-0.3, -0.25) is 4.79 Å². The molecule has 1 amide bonds. The number of terminal acetylenes is 1. The Bertz CT molecular complexity index is 595. The highest BCUT2D eigenvalue weighted by Gasteiger charge is 2.39. The summed E-state index contributed by atoms with van der Waals surface area (Å²) in [6, 6.07) is 0. The first-order valence-electron chi connectivity index (χ1n) is 7.90. The third-order valence-corrected chi connectivity index (χ3v) is 4.23. The lowest BCUT2D eigenvalue weighted by Gasteiger charge is -2.11. The number of fused-ring (bicyclic) bond motifs is 1. The highest BCUT2D eigenvalue weighted by molar-refractivity contribution is 5.75. The number of rotatable bonds is 7. The van der Waals surface area contributed by atoms with Crippen molar-refractivity contribution >= 4 is 5.91 Å². The van der Waals surface area contributed by atoms with Gasteiger partial charge in [-0.1, -0.05) is 0 Å². The molecule has 0 bridgehead atoms. The maximum absolute atomic E-state index is 11.9. The van der Waals surface area contributed by atoms with Gasteiger partial charge in [0.25, 0.3) is 0 Å². The van der Waals surface area contributed by atoms with Crippen LogP contribution in [0.15, 0.2) is 16.4 Å². The topological polar surface area (TPSA) is 71.6 Å². The summed E-state index contributed by atoms with van der Waals surface area (Å²) in [6.45, 7) is 1.53. The number of nitrogens with zero attached hydrogens (tertiary/aromatic N) is 4. The van der Waals surface area contributed by atoms with Crippen LogP contribution in [0.25, 0.3) is 0 Å². The van der Waals surface area contributed by atoms with Gasteiger partial charge in [-0.15, -0.1) is 12.3 Å². The summed E-state index contributed by atoms with van der Waals surface area (Å²) in [4.78, 5) is 16.5. The van der Waals surface area contributed by atoms with Gasteiger partial charge in [0, 0.05) is 44.8 Å². The SMILES string of the molecule is C#CCCC1(CCC(=O)NCc2cn3c(n2)CCCC3)N=N1. The van der Waals surface area contributed by atoms with Gasteiger partial charge in [-0.2, -0.15) is 10.2 Å². The van der Waals surface area contributed by atoms with E-state index in [1.807, 2.05) is 0 Å². The number of hydrogen-bond donors (Lipinski definition) is 1. The quantitative estimate of drug-likeness (QED) is 0.784. The van der Waals surface area contributed by atoms with E-state index >= 15 is 0 Å². The third kappa shape index (κ3) is 3.53. The van der Waals surface area contributed by atoms with E-state index in [9.17, 15) is 4.79 Å². The Morgan fingerprint density at radius 3 is 3.00 bits per heavy atom. The molecular formula is C16H21N5O. The largest absolute Gasteiger partial charge is 0.350 e. The first kappa shape index (κ1) is 14.8. The standard InChI is InChI=1S/C16H21N5O/c1-2-3-8-16(19-20-16)9-7-15(22)17-11-13-12-21-10-5-4-6-14(21)18-13/h1,12H,3-11H2,(H,17,22). The zero-order valence-corrected chi connectivity index (χ0v) is 12.7. The number of hydrogen-bond acceptors (Lipinski definition) is 4. The van der Waals surface area contributed by atoms with Gasteiger partial charge in [0.2, 0.25) is 5.91 Å². The second-order valence-electron chi connectivity index (χ2n) is 5.96. The Labute approximate surface area is 130 Å². The number of imidazole rings is 1. The zero-order valence-electron chi connectivity index (χ0n) is 12.7. The van der Waals surface area contributed by atoms with Crippen LogP contribution in [-0.2, 0) is 24.3 Å². The highest BCUT2D eigenvalue weighted by atomic mass is 16.1. The Morgan fingerprint density at radius 1 is 1.41 bits per heavy atom. The minimum atomic E-state index is -0.378. The number of aromatic nitrogens is 2. The van der Waals surface area contributed by atoms with Gasteiger partial charge in [0.15, 0.2) is 5.66 Å². The molecule has 3 rings (SSSR count). The van der Waals surface area contributed by atoms with E-state index < -0.39 is 0 Å². The first-order chi connectivity index (χ1) is 10.7. The summed E-state index contributed by atoms with van der Waals surface area (Å²) in [5.74, 6) is 3.75. The van der Waals surface area contributed by atoms with Crippen LogP contribution < -0.4 is 5.32 Å². The van der Waals surface area contributed by atoms with Crippen molar-refractivity contribution in [3.05, 3.63) is 17.7 Å². The lowest BCUT2D eigenvalue weighted by atomic mass is 10.0. The van der Waals surface area contributed by atoms with Crippen LogP contribution in [0, 0.1) is 12.3 Å². The van der Waals surface area contributed by atoms with E-state index in [0.29, 0.717) is 25.8 Å². The smallest absolute Gasteiger partial charge is 0.220 e. The Balaban J connectivity index is 1.41. The van der Waals surface area contributed by atoms with Crippen LogP contribution in [0.3, 0.4) is 0 Å². The van der Waals surface area contributed by atoms with E-state index in [1.165, 1.54) is 12.8 Å². The summed E-state index contributed by atoms with van der Waals surface area (Å²) < 4.78 is 2.20. The molecule has 22 heavy (non-hydrogen) atoms. The number of carbonyl (C=O) groups excluding carboxylic acids is 1. The van der Waals surface area contributed by atoms with Gasteiger partial charge >= 0.3 is 0 Å². The summed E-state index contributed by atoms with van der Waals surface area (Å²) in [5.41, 5.74) is 0.560. The minimum Gasteiger partial charge on any atom is -0.350 e. The Morgan fingerprint density at radius 2 is 2.27 bits per heavy atom. The lowest BCUT2D eigenvalue weighted by Crippen LogP contribution is -2.25. The van der Waals surface area contributed by atoms with Crippen LogP contribution in [0.1, 0.15) is 50.0 Å². The Hall–Kier alpha value is -2.16. The van der Waals surface area contributed by atoms with Gasteiger partial charge in [-0.05, 0) is 12.8 Å². The van der Waals surface area contributed by atoms with Crippen molar-refractivity contribution in [1.29, 1.82) is 0 Å². The second-order valence-corrected chi connectivity index (χ2v) is 5.96. The summed E-state index contributed by atoms with van der Waals surface area (Å²) in [6.07, 6.45) is 13.2. The molecule has 0 radical (unpaired) electrons. The van der Waals surface area contributed by atoms with E-state index in [2.05, 4.69) is 37.2 Å². The summed E-state index contributed by atoms with van der Waals surface area (Å²) in [7, 11) is 0. The van der Waals surface area contributed by atoms with E-state index in [-0.39, 0.29) is 11.6 Å². The highest BCUT2D eigenvalue weighted by Crippen LogP contribution is 2.37. The molecule has 0 atom stereocenters. The predicted molar refractivity (Wildman–Crippen MR) is 81.9 cm³/mol. The monoisotopic (exact) mass is 299 g/mol. The van der Waals surface area contributed by atoms with Gasteiger partial charge in [0.1, 0.15) is 5.82 Å². The molecule has 1 aromatic rings. The molecule has 2 aliphatic rings. The van der Waals surface area contributed by atoms with Crippen molar-refractivity contribution in [1.82, 2.24) is 14.9 Å². The molecule has 0 spiro atoms. The lowest BCUT2D eigenvalue weighted by molar-refractivity contribution is -0.121. The maximum atomic E-state index is 11.9. The zero-order chi connectivity index (χ0) is 15.4. The molecular weight excluding hydrogens is 278 g/mol. The fourth-order valence-corrected chi connectivity index (χ4v) is 2.82. The molecule has 1 aromatic heterocycles. The van der Waals surface area contributed by atoms with Crippen molar-refractivity contribution in [2.75, 3.05) is 0 Å². The molecule has 0 saturated carbocycles. The van der Waals surface area contributed by atoms with Crippen LogP contribution in [0.5, 0.6) is 0 Å². The Kier molecular flexibility index (Phi) is 4.23. The average Bonchev–Trinajstić information content (AvgIpc) is 3.18. The molecule has 2 aliphatic heterocycles. The molecule has 0 aliphatic carbocycles. The molecule has 0 fully saturated rings. The van der Waals surface area contributed by atoms with Crippen molar-refractivity contribution in [2.24, 2.45) is 10.2 Å². The fourth-order valence-electron chi connectivity index (χ4n) is 2.82. The van der Waals surface area contributed by atoms with Crippen LogP contribution in [-0.4, -0.2) is 21.1 Å². The normalized spacial score (nSPS) is 17.6. The number of amides is 1. The fraction of sp³-hybridized carbons (Fsp3) is 0.625. The second kappa shape index (κ2) is 6.30. The molecule has 1 N–H and O–H groups in total. The predicted octanol–water partition coefficient (Wildman–Crippen LogP) is 2.19. The summed E-state index contributed by atoms with van der Waals surface area (Å²) in [5, 5.41) is 11.0. The van der Waals surface area contributed by atoms with E-state index in [1.54, 1.807) is 0 Å². The average molecular weight is 299 g/mol. The van der Waals surface area contributed by atoms with Crippen LogP contribution in [0.4, 0.5) is 0 Å². The van der Waals surface area contributed by atoms with Crippen molar-refractivity contribution in [3.63, 3.8) is 0 Å². The van der Waals surface area contributed by atoms with E-state index in [0.717, 1.165) is 30.9 Å². The molecule has 116 valence electrons. The van der Waals surface area contributed by atoms with Crippen molar-refractivity contribution < 1.29 is 4.79 Å². The minimum absolute atomic E-state index is 0.0170. The molecule has 0 unspecified atom stereocenters. The number of nitrogens with one attached hydrogen (secondary N) is 1. The molecule has 3 heterocycles.